The van der Waals surface area contributed by atoms with Crippen molar-refractivity contribution in [3.63, 3.8) is 0 Å². The number of hydrogen-bond donors (Lipinski definition) is 0. The summed E-state index contributed by atoms with van der Waals surface area (Å²) in [4.78, 5) is 14.3. The van der Waals surface area contributed by atoms with Gasteiger partial charge in [0.15, 0.2) is 0 Å². The number of piperidine rings is 1. The van der Waals surface area contributed by atoms with Crippen molar-refractivity contribution in [2.24, 2.45) is 5.92 Å². The number of ether oxygens (including phenoxy) is 1. The Labute approximate surface area is 108 Å². The van der Waals surface area contributed by atoms with E-state index in [0.717, 1.165) is 13.0 Å². The van der Waals surface area contributed by atoms with Crippen LogP contribution < -0.4 is 0 Å². The highest BCUT2D eigenvalue weighted by Gasteiger charge is 2.49. The van der Waals surface area contributed by atoms with Gasteiger partial charge in [0.05, 0.1) is 7.11 Å². The van der Waals surface area contributed by atoms with Gasteiger partial charge in [-0.15, -0.1) is 0 Å². The molecule has 3 rings (SSSR count). The smallest absolute Gasteiger partial charge is 0.323 e. The first-order valence-corrected chi connectivity index (χ1v) is 6.67. The van der Waals surface area contributed by atoms with Crippen molar-refractivity contribution < 1.29 is 9.53 Å². The van der Waals surface area contributed by atoms with E-state index in [-0.39, 0.29) is 12.0 Å². The molecule has 1 aromatic rings. The summed E-state index contributed by atoms with van der Waals surface area (Å²) < 4.78 is 4.97. The molecular formula is C15H19NO2. The molecule has 1 saturated carbocycles. The lowest BCUT2D eigenvalue weighted by atomic mass is 9.98. The summed E-state index contributed by atoms with van der Waals surface area (Å²) in [6.45, 7) is 0.863. The van der Waals surface area contributed by atoms with E-state index in [0.29, 0.717) is 12.0 Å². The first kappa shape index (κ1) is 11.7. The predicted octanol–water partition coefficient (Wildman–Crippen LogP) is 2.21. The van der Waals surface area contributed by atoms with Gasteiger partial charge in [-0.3, -0.25) is 9.69 Å². The molecular weight excluding hydrogens is 226 g/mol. The lowest BCUT2D eigenvalue weighted by Crippen LogP contribution is -2.45. The summed E-state index contributed by atoms with van der Waals surface area (Å²) in [5.41, 5.74) is 1.28. The Morgan fingerprint density at radius 1 is 1.33 bits per heavy atom. The molecule has 3 heteroatoms. The van der Waals surface area contributed by atoms with Gasteiger partial charge in [-0.2, -0.15) is 0 Å². The Morgan fingerprint density at radius 2 is 2.11 bits per heavy atom. The molecule has 1 aliphatic heterocycles. The second-order valence-corrected chi connectivity index (χ2v) is 5.35. The van der Waals surface area contributed by atoms with E-state index in [1.165, 1.54) is 25.5 Å². The number of hydrogen-bond acceptors (Lipinski definition) is 3. The van der Waals surface area contributed by atoms with Gasteiger partial charge in [-0.25, -0.2) is 0 Å². The lowest BCUT2D eigenvalue weighted by molar-refractivity contribution is -0.149. The van der Waals surface area contributed by atoms with Crippen LogP contribution in [-0.4, -0.2) is 30.1 Å². The molecule has 0 aromatic heterocycles. The highest BCUT2D eigenvalue weighted by Crippen LogP contribution is 2.43. The number of rotatable bonds is 3. The second kappa shape index (κ2) is 4.73. The molecule has 0 N–H and O–H groups in total. The van der Waals surface area contributed by atoms with E-state index in [1.54, 1.807) is 0 Å². The number of fused-ring (bicyclic) bond motifs is 2. The van der Waals surface area contributed by atoms with E-state index in [2.05, 4.69) is 29.2 Å². The van der Waals surface area contributed by atoms with E-state index < -0.39 is 0 Å². The van der Waals surface area contributed by atoms with Gasteiger partial charge in [0.25, 0.3) is 0 Å². The zero-order chi connectivity index (χ0) is 12.5. The number of carbonyl (C=O) groups is 1. The molecule has 2 bridgehead atoms. The first-order valence-electron chi connectivity index (χ1n) is 6.67. The largest absolute Gasteiger partial charge is 0.468 e. The number of benzene rings is 1. The number of nitrogens with zero attached hydrogens (tertiary/aromatic N) is 1. The Hall–Kier alpha value is -1.35. The molecule has 3 unspecified atom stereocenters. The Morgan fingerprint density at radius 3 is 2.83 bits per heavy atom. The van der Waals surface area contributed by atoms with Crippen molar-refractivity contribution in [2.45, 2.75) is 37.9 Å². The molecule has 96 valence electrons. The normalized spacial score (nSPS) is 30.6. The quantitative estimate of drug-likeness (QED) is 0.765. The third-order valence-corrected chi connectivity index (χ3v) is 4.37. The van der Waals surface area contributed by atoms with Crippen LogP contribution in [0.5, 0.6) is 0 Å². The maximum atomic E-state index is 11.9. The fraction of sp³-hybridized carbons (Fsp3) is 0.533. The van der Waals surface area contributed by atoms with Crippen LogP contribution in [0, 0.1) is 5.92 Å². The summed E-state index contributed by atoms with van der Waals surface area (Å²) in [7, 11) is 1.50. The molecule has 0 amide bonds. The SMILES string of the molecule is COC(=O)C1C2CCC(C2)N1Cc1ccccc1. The summed E-state index contributed by atoms with van der Waals surface area (Å²) in [5, 5.41) is 0. The summed E-state index contributed by atoms with van der Waals surface area (Å²) in [6.07, 6.45) is 3.56. The van der Waals surface area contributed by atoms with Crippen LogP contribution in [0.3, 0.4) is 0 Å². The van der Waals surface area contributed by atoms with Crippen LogP contribution in [0.15, 0.2) is 30.3 Å². The maximum absolute atomic E-state index is 11.9. The standard InChI is InChI=1S/C15H19NO2/c1-18-15(17)14-12-7-8-13(9-12)16(14)10-11-5-3-2-4-6-11/h2-6,12-14H,7-10H2,1H3. The van der Waals surface area contributed by atoms with Gasteiger partial charge in [0.2, 0.25) is 0 Å². The summed E-state index contributed by atoms with van der Waals surface area (Å²) >= 11 is 0. The van der Waals surface area contributed by atoms with Crippen molar-refractivity contribution in [2.75, 3.05) is 7.11 Å². The van der Waals surface area contributed by atoms with Gasteiger partial charge < -0.3 is 4.74 Å². The Bertz CT molecular complexity index is 431. The molecule has 0 spiro atoms. The summed E-state index contributed by atoms with van der Waals surface area (Å²) in [5.74, 6) is 0.448. The van der Waals surface area contributed by atoms with Gasteiger partial charge in [-0.05, 0) is 30.7 Å². The van der Waals surface area contributed by atoms with Crippen LogP contribution in [0.1, 0.15) is 24.8 Å². The van der Waals surface area contributed by atoms with Crippen LogP contribution in [-0.2, 0) is 16.1 Å². The average Bonchev–Trinajstić information content (AvgIpc) is 3.00. The zero-order valence-electron chi connectivity index (χ0n) is 10.7. The second-order valence-electron chi connectivity index (χ2n) is 5.35. The summed E-state index contributed by atoms with van der Waals surface area (Å²) in [6, 6.07) is 10.9. The number of methoxy groups -OCH3 is 1. The highest BCUT2D eigenvalue weighted by atomic mass is 16.5. The van der Waals surface area contributed by atoms with Gasteiger partial charge in [0.1, 0.15) is 6.04 Å². The van der Waals surface area contributed by atoms with Gasteiger partial charge in [0, 0.05) is 12.6 Å². The average molecular weight is 245 g/mol. The Kier molecular flexibility index (Phi) is 3.08. The third kappa shape index (κ3) is 1.93. The lowest BCUT2D eigenvalue weighted by Gasteiger charge is -2.33. The van der Waals surface area contributed by atoms with E-state index in [1.807, 2.05) is 6.07 Å². The molecule has 1 saturated heterocycles. The zero-order valence-corrected chi connectivity index (χ0v) is 10.7. The van der Waals surface area contributed by atoms with Gasteiger partial charge >= 0.3 is 5.97 Å². The fourth-order valence-electron chi connectivity index (χ4n) is 3.55. The fourth-order valence-corrected chi connectivity index (χ4v) is 3.55. The monoisotopic (exact) mass is 245 g/mol. The van der Waals surface area contributed by atoms with Crippen LogP contribution in [0.25, 0.3) is 0 Å². The van der Waals surface area contributed by atoms with Crippen molar-refractivity contribution in [3.8, 4) is 0 Å². The molecule has 1 heterocycles. The number of esters is 1. The van der Waals surface area contributed by atoms with E-state index >= 15 is 0 Å². The number of carbonyl (C=O) groups excluding carboxylic acids is 1. The maximum Gasteiger partial charge on any atom is 0.323 e. The Balaban J connectivity index is 1.79. The van der Waals surface area contributed by atoms with Crippen molar-refractivity contribution >= 4 is 5.97 Å². The third-order valence-electron chi connectivity index (χ3n) is 4.37. The van der Waals surface area contributed by atoms with Crippen LogP contribution in [0.2, 0.25) is 0 Å². The minimum absolute atomic E-state index is 0.0195. The van der Waals surface area contributed by atoms with Crippen molar-refractivity contribution in [1.29, 1.82) is 0 Å². The van der Waals surface area contributed by atoms with Crippen molar-refractivity contribution in [1.82, 2.24) is 4.90 Å². The molecule has 2 fully saturated rings. The highest BCUT2D eigenvalue weighted by molar-refractivity contribution is 5.76. The number of likely N-dealkylation sites (tertiary alicyclic amines) is 1. The topological polar surface area (TPSA) is 29.5 Å². The molecule has 1 aliphatic carbocycles. The van der Waals surface area contributed by atoms with Crippen molar-refractivity contribution in [3.05, 3.63) is 35.9 Å². The van der Waals surface area contributed by atoms with Crippen LogP contribution >= 0.6 is 0 Å². The molecule has 2 aliphatic rings. The predicted molar refractivity (Wildman–Crippen MR) is 68.9 cm³/mol. The first-order chi connectivity index (χ1) is 8.79. The molecule has 3 nitrogen and oxygen atoms in total. The van der Waals surface area contributed by atoms with E-state index in [4.69, 9.17) is 4.74 Å². The molecule has 18 heavy (non-hydrogen) atoms. The molecule has 3 atom stereocenters. The van der Waals surface area contributed by atoms with E-state index in [9.17, 15) is 4.79 Å². The van der Waals surface area contributed by atoms with Gasteiger partial charge in [-0.1, -0.05) is 30.3 Å². The minimum Gasteiger partial charge on any atom is -0.468 e. The molecule has 0 radical (unpaired) electrons. The van der Waals surface area contributed by atoms with Crippen LogP contribution in [0.4, 0.5) is 0 Å². The molecule has 1 aromatic carbocycles. The minimum atomic E-state index is -0.0573.